The zero-order valence-electron chi connectivity index (χ0n) is 10.6. The van der Waals surface area contributed by atoms with E-state index in [1.807, 2.05) is 38.1 Å². The van der Waals surface area contributed by atoms with E-state index < -0.39 is 0 Å². The first-order valence-electron chi connectivity index (χ1n) is 5.69. The Hall–Kier alpha value is -1.33. The highest BCUT2D eigenvalue weighted by Gasteiger charge is 2.17. The molecule has 0 aliphatic rings. The summed E-state index contributed by atoms with van der Waals surface area (Å²) in [4.78, 5) is 13.4. The third kappa shape index (κ3) is 4.58. The molecule has 1 aromatic heterocycles. The second-order valence-electron chi connectivity index (χ2n) is 3.94. The van der Waals surface area contributed by atoms with Gasteiger partial charge in [-0.25, -0.2) is 0 Å². The fraction of sp³-hybridized carbons (Fsp3) is 0.583. The van der Waals surface area contributed by atoms with Crippen molar-refractivity contribution in [3.8, 4) is 0 Å². The third-order valence-electron chi connectivity index (χ3n) is 2.42. The predicted molar refractivity (Wildman–Crippen MR) is 64.6 cm³/mol. The van der Waals surface area contributed by atoms with Crippen molar-refractivity contribution in [1.82, 2.24) is 10.2 Å². The molecule has 0 saturated carbocycles. The molecule has 5 heteroatoms. The summed E-state index contributed by atoms with van der Waals surface area (Å²) in [7, 11) is 3.89. The van der Waals surface area contributed by atoms with Gasteiger partial charge in [-0.15, -0.1) is 0 Å². The molecule has 0 fully saturated rings. The molecule has 0 unspecified atom stereocenters. The zero-order chi connectivity index (χ0) is 12.7. The lowest BCUT2D eigenvalue weighted by Gasteiger charge is -2.22. The summed E-state index contributed by atoms with van der Waals surface area (Å²) in [5.74, 6) is 0.733. The van der Waals surface area contributed by atoms with Crippen molar-refractivity contribution in [3.63, 3.8) is 0 Å². The smallest absolute Gasteiger partial charge is 0.246 e. The van der Waals surface area contributed by atoms with Gasteiger partial charge in [-0.05, 0) is 33.2 Å². The van der Waals surface area contributed by atoms with Gasteiger partial charge in [0.05, 0.1) is 12.3 Å². The number of carbonyl (C=O) groups is 1. The van der Waals surface area contributed by atoms with Crippen molar-refractivity contribution in [2.75, 3.05) is 33.9 Å². The van der Waals surface area contributed by atoms with E-state index in [-0.39, 0.29) is 18.6 Å². The Morgan fingerprint density at radius 1 is 1.59 bits per heavy atom. The zero-order valence-corrected chi connectivity index (χ0v) is 10.6. The molecule has 0 radical (unpaired) electrons. The maximum atomic E-state index is 11.4. The number of nitrogens with zero attached hydrogens (tertiary/aromatic N) is 1. The summed E-state index contributed by atoms with van der Waals surface area (Å²) in [6, 6.07) is 3.78. The molecule has 1 rings (SSSR count). The lowest BCUT2D eigenvalue weighted by Crippen LogP contribution is -2.36. The van der Waals surface area contributed by atoms with Gasteiger partial charge in [0, 0.05) is 13.2 Å². The quantitative estimate of drug-likeness (QED) is 0.773. The summed E-state index contributed by atoms with van der Waals surface area (Å²) < 4.78 is 10.4. The molecule has 96 valence electrons. The highest BCUT2D eigenvalue weighted by molar-refractivity contribution is 5.77. The van der Waals surface area contributed by atoms with Gasteiger partial charge in [0.2, 0.25) is 5.91 Å². The molecule has 5 nitrogen and oxygen atoms in total. The lowest BCUT2D eigenvalue weighted by atomic mass is 10.2. The van der Waals surface area contributed by atoms with Gasteiger partial charge in [0.1, 0.15) is 12.4 Å². The maximum Gasteiger partial charge on any atom is 0.246 e. The molecule has 1 heterocycles. The van der Waals surface area contributed by atoms with Crippen LogP contribution in [-0.2, 0) is 9.53 Å². The van der Waals surface area contributed by atoms with Gasteiger partial charge in [-0.3, -0.25) is 9.69 Å². The van der Waals surface area contributed by atoms with Gasteiger partial charge < -0.3 is 14.5 Å². The van der Waals surface area contributed by atoms with Crippen LogP contribution in [0.4, 0.5) is 0 Å². The first-order valence-corrected chi connectivity index (χ1v) is 5.69. The summed E-state index contributed by atoms with van der Waals surface area (Å²) in [5.41, 5.74) is 0. The lowest BCUT2D eigenvalue weighted by molar-refractivity contribution is -0.125. The van der Waals surface area contributed by atoms with E-state index in [9.17, 15) is 4.79 Å². The Balaban J connectivity index is 2.43. The number of hydrogen-bond donors (Lipinski definition) is 1. The van der Waals surface area contributed by atoms with Gasteiger partial charge in [-0.2, -0.15) is 0 Å². The predicted octanol–water partition coefficient (Wildman–Crippen LogP) is 1.03. The number of likely N-dealkylation sites (N-methyl/N-ethyl adjacent to an activating group) is 1. The Kier molecular flexibility index (Phi) is 5.72. The van der Waals surface area contributed by atoms with E-state index in [1.165, 1.54) is 0 Å². The van der Waals surface area contributed by atoms with Crippen molar-refractivity contribution in [1.29, 1.82) is 0 Å². The van der Waals surface area contributed by atoms with Crippen LogP contribution >= 0.6 is 0 Å². The second-order valence-corrected chi connectivity index (χ2v) is 3.94. The first kappa shape index (κ1) is 13.7. The molecular weight excluding hydrogens is 220 g/mol. The van der Waals surface area contributed by atoms with Gasteiger partial charge in [0.25, 0.3) is 0 Å². The summed E-state index contributed by atoms with van der Waals surface area (Å²) >= 11 is 0. The highest BCUT2D eigenvalue weighted by Crippen LogP contribution is 2.17. The van der Waals surface area contributed by atoms with Crippen molar-refractivity contribution in [2.24, 2.45) is 0 Å². The summed E-state index contributed by atoms with van der Waals surface area (Å²) in [6.07, 6.45) is 1.63. The normalized spacial score (nSPS) is 12.7. The average Bonchev–Trinajstić information content (AvgIpc) is 2.79. The van der Waals surface area contributed by atoms with E-state index in [2.05, 4.69) is 5.32 Å². The van der Waals surface area contributed by atoms with Crippen molar-refractivity contribution in [2.45, 2.75) is 13.0 Å². The Morgan fingerprint density at radius 2 is 2.35 bits per heavy atom. The molecule has 0 saturated heterocycles. The van der Waals surface area contributed by atoms with Crippen LogP contribution in [0.3, 0.4) is 0 Å². The highest BCUT2D eigenvalue weighted by atomic mass is 16.5. The maximum absolute atomic E-state index is 11.4. The fourth-order valence-corrected chi connectivity index (χ4v) is 1.47. The van der Waals surface area contributed by atoms with Crippen LogP contribution in [0.1, 0.15) is 18.7 Å². The largest absolute Gasteiger partial charge is 0.468 e. The molecule has 0 aromatic carbocycles. The molecular formula is C12H20N2O3. The molecule has 1 amide bonds. The minimum Gasteiger partial charge on any atom is -0.468 e. The molecule has 17 heavy (non-hydrogen) atoms. The number of rotatable bonds is 7. The van der Waals surface area contributed by atoms with Crippen LogP contribution in [0.15, 0.2) is 22.8 Å². The SMILES string of the molecule is CCOCC(=O)NC[C@@H](c1ccco1)N(C)C. The van der Waals surface area contributed by atoms with Crippen LogP contribution < -0.4 is 5.32 Å². The molecule has 0 bridgehead atoms. The van der Waals surface area contributed by atoms with E-state index >= 15 is 0 Å². The number of amides is 1. The van der Waals surface area contributed by atoms with Crippen LogP contribution in [0.2, 0.25) is 0 Å². The monoisotopic (exact) mass is 240 g/mol. The molecule has 0 aliphatic carbocycles. The summed E-state index contributed by atoms with van der Waals surface area (Å²) in [5, 5.41) is 2.82. The van der Waals surface area contributed by atoms with Gasteiger partial charge in [-0.1, -0.05) is 0 Å². The Labute approximate surface area is 102 Å². The molecule has 1 aromatic rings. The number of furan rings is 1. The summed E-state index contributed by atoms with van der Waals surface area (Å²) in [6.45, 7) is 3.02. The van der Waals surface area contributed by atoms with Gasteiger partial charge >= 0.3 is 0 Å². The fourth-order valence-electron chi connectivity index (χ4n) is 1.47. The van der Waals surface area contributed by atoms with E-state index in [0.717, 1.165) is 5.76 Å². The number of hydrogen-bond acceptors (Lipinski definition) is 4. The molecule has 1 atom stereocenters. The van der Waals surface area contributed by atoms with Crippen LogP contribution in [0.5, 0.6) is 0 Å². The Bertz CT molecular complexity index is 323. The van der Waals surface area contributed by atoms with Crippen LogP contribution in [-0.4, -0.2) is 44.7 Å². The van der Waals surface area contributed by atoms with Crippen molar-refractivity contribution >= 4 is 5.91 Å². The van der Waals surface area contributed by atoms with Crippen LogP contribution in [0.25, 0.3) is 0 Å². The van der Waals surface area contributed by atoms with E-state index in [1.54, 1.807) is 6.26 Å². The standard InChI is InChI=1S/C12H20N2O3/c1-4-16-9-12(15)13-8-10(14(2)3)11-6-5-7-17-11/h5-7,10H,4,8-9H2,1-3H3,(H,13,15)/t10-/m0/s1. The average molecular weight is 240 g/mol. The van der Waals surface area contributed by atoms with E-state index in [0.29, 0.717) is 13.2 Å². The molecule has 1 N–H and O–H groups in total. The molecule has 0 spiro atoms. The minimum absolute atomic E-state index is 0.0376. The van der Waals surface area contributed by atoms with E-state index in [4.69, 9.17) is 9.15 Å². The minimum atomic E-state index is -0.106. The van der Waals surface area contributed by atoms with Crippen molar-refractivity contribution in [3.05, 3.63) is 24.2 Å². The topological polar surface area (TPSA) is 54.7 Å². The van der Waals surface area contributed by atoms with Crippen molar-refractivity contribution < 1.29 is 13.9 Å². The third-order valence-corrected chi connectivity index (χ3v) is 2.42. The van der Waals surface area contributed by atoms with Gasteiger partial charge in [0.15, 0.2) is 0 Å². The molecule has 0 aliphatic heterocycles. The Morgan fingerprint density at radius 3 is 2.88 bits per heavy atom. The first-order chi connectivity index (χ1) is 8.15. The number of nitrogens with one attached hydrogen (secondary N) is 1. The second kappa shape index (κ2) is 7.09. The number of carbonyl (C=O) groups excluding carboxylic acids is 1. The van der Waals surface area contributed by atoms with Crippen LogP contribution in [0, 0.1) is 0 Å². The number of ether oxygens (including phenoxy) is 1.